The van der Waals surface area contributed by atoms with Crippen molar-refractivity contribution in [2.75, 3.05) is 31.1 Å². The number of hydrogen-bond donors (Lipinski definition) is 0. The maximum Gasteiger partial charge on any atom is 0.257 e. The van der Waals surface area contributed by atoms with Crippen molar-refractivity contribution < 1.29 is 4.79 Å². The molecule has 1 amide bonds. The number of carbonyl (C=O) groups is 1. The summed E-state index contributed by atoms with van der Waals surface area (Å²) < 4.78 is 1.23. The Morgan fingerprint density at radius 2 is 1.89 bits per heavy atom. The summed E-state index contributed by atoms with van der Waals surface area (Å²) in [6.45, 7) is 3.54. The number of hydrogen-bond acceptors (Lipinski definition) is 5. The molecule has 3 aromatic rings. The lowest BCUT2D eigenvalue weighted by Crippen LogP contribution is -2.40. The molecule has 2 fully saturated rings. The third-order valence-electron chi connectivity index (χ3n) is 5.79. The third kappa shape index (κ3) is 3.26. The van der Waals surface area contributed by atoms with E-state index in [0.717, 1.165) is 60.9 Å². The molecule has 0 saturated carbocycles. The molecule has 28 heavy (non-hydrogen) atoms. The molecule has 0 aliphatic carbocycles. The van der Waals surface area contributed by atoms with Gasteiger partial charge >= 0.3 is 0 Å². The van der Waals surface area contributed by atoms with Gasteiger partial charge in [-0.25, -0.2) is 9.97 Å². The predicted molar refractivity (Wildman–Crippen MR) is 113 cm³/mol. The van der Waals surface area contributed by atoms with Crippen molar-refractivity contribution in [3.05, 3.63) is 53.2 Å². The molecular weight excluding hydrogens is 368 g/mol. The summed E-state index contributed by atoms with van der Waals surface area (Å²) in [7, 11) is 0. The lowest BCUT2D eigenvalue weighted by atomic mass is 9.98. The summed E-state index contributed by atoms with van der Waals surface area (Å²) in [6, 6.07) is 12.1. The van der Waals surface area contributed by atoms with Crippen molar-refractivity contribution in [1.29, 1.82) is 0 Å². The van der Waals surface area contributed by atoms with Crippen molar-refractivity contribution in [2.24, 2.45) is 0 Å². The fourth-order valence-electron chi connectivity index (χ4n) is 4.34. The summed E-state index contributed by atoms with van der Waals surface area (Å²) in [6.07, 6.45) is 6.26. The van der Waals surface area contributed by atoms with Crippen molar-refractivity contribution >= 4 is 33.3 Å². The van der Waals surface area contributed by atoms with Crippen LogP contribution in [0, 0.1) is 0 Å². The fraction of sp³-hybridized carbons (Fsp3) is 0.409. The Labute approximate surface area is 169 Å². The third-order valence-corrected chi connectivity index (χ3v) is 6.99. The molecule has 5 nitrogen and oxygen atoms in total. The van der Waals surface area contributed by atoms with Crippen LogP contribution in [0.2, 0.25) is 0 Å². The summed E-state index contributed by atoms with van der Waals surface area (Å²) in [5.41, 5.74) is 1.81. The monoisotopic (exact) mass is 392 g/mol. The Kier molecular flexibility index (Phi) is 4.72. The normalized spacial score (nSPS) is 20.1. The Morgan fingerprint density at radius 3 is 2.75 bits per heavy atom. The Morgan fingerprint density at radius 1 is 1.04 bits per heavy atom. The van der Waals surface area contributed by atoms with Gasteiger partial charge < -0.3 is 9.80 Å². The van der Waals surface area contributed by atoms with E-state index in [-0.39, 0.29) is 5.91 Å². The SMILES string of the molecule is O=C(c1cccnc1N1CCCC1)N1CCC[C@H](c2nc3ccccc3s2)C1. The minimum Gasteiger partial charge on any atom is -0.356 e. The number of para-hydroxylation sites is 1. The van der Waals surface area contributed by atoms with Gasteiger partial charge in [0.1, 0.15) is 5.82 Å². The Balaban J connectivity index is 1.38. The van der Waals surface area contributed by atoms with Gasteiger partial charge in [0.15, 0.2) is 0 Å². The first-order valence-electron chi connectivity index (χ1n) is 10.1. The lowest BCUT2D eigenvalue weighted by Gasteiger charge is -2.32. The summed E-state index contributed by atoms with van der Waals surface area (Å²) >= 11 is 1.77. The number of aromatic nitrogens is 2. The number of thiazole rings is 1. The molecule has 2 aliphatic rings. The average Bonchev–Trinajstić information content (AvgIpc) is 3.43. The van der Waals surface area contributed by atoms with Gasteiger partial charge in [-0.05, 0) is 49.9 Å². The number of carbonyl (C=O) groups excluding carboxylic acids is 1. The molecule has 2 saturated heterocycles. The van der Waals surface area contributed by atoms with Crippen molar-refractivity contribution in [3.8, 4) is 0 Å². The molecule has 1 atom stereocenters. The van der Waals surface area contributed by atoms with Crippen LogP contribution >= 0.6 is 11.3 Å². The largest absolute Gasteiger partial charge is 0.356 e. The minimum atomic E-state index is 0.112. The maximum absolute atomic E-state index is 13.4. The molecule has 144 valence electrons. The first-order chi connectivity index (χ1) is 13.8. The first-order valence-corrected chi connectivity index (χ1v) is 11.0. The van der Waals surface area contributed by atoms with E-state index < -0.39 is 0 Å². The second kappa shape index (κ2) is 7.51. The molecule has 0 unspecified atom stereocenters. The number of pyridine rings is 1. The molecule has 2 aliphatic heterocycles. The van der Waals surface area contributed by atoms with Gasteiger partial charge in [-0.1, -0.05) is 12.1 Å². The number of nitrogens with zero attached hydrogens (tertiary/aromatic N) is 4. The van der Waals surface area contributed by atoms with Crippen LogP contribution in [0.4, 0.5) is 5.82 Å². The number of piperidine rings is 1. The molecule has 4 heterocycles. The molecule has 0 bridgehead atoms. The number of anilines is 1. The van der Waals surface area contributed by atoms with Crippen molar-refractivity contribution in [1.82, 2.24) is 14.9 Å². The number of rotatable bonds is 3. The molecule has 0 spiro atoms. The summed E-state index contributed by atoms with van der Waals surface area (Å²) in [5, 5.41) is 1.16. The van der Waals surface area contributed by atoms with Gasteiger partial charge in [0, 0.05) is 38.3 Å². The lowest BCUT2D eigenvalue weighted by molar-refractivity contribution is 0.0707. The zero-order valence-corrected chi connectivity index (χ0v) is 16.7. The zero-order chi connectivity index (χ0) is 18.9. The van der Waals surface area contributed by atoms with E-state index in [9.17, 15) is 4.79 Å². The fourth-order valence-corrected chi connectivity index (χ4v) is 5.44. The van der Waals surface area contributed by atoms with Crippen molar-refractivity contribution in [2.45, 2.75) is 31.6 Å². The second-order valence-electron chi connectivity index (χ2n) is 7.68. The maximum atomic E-state index is 13.4. The van der Waals surface area contributed by atoms with Crippen LogP contribution in [0.1, 0.15) is 47.0 Å². The number of amides is 1. The van der Waals surface area contributed by atoms with Crippen LogP contribution in [0.5, 0.6) is 0 Å². The van der Waals surface area contributed by atoms with Crippen LogP contribution in [0.25, 0.3) is 10.2 Å². The highest BCUT2D eigenvalue weighted by atomic mass is 32.1. The van der Waals surface area contributed by atoms with E-state index in [0.29, 0.717) is 5.92 Å². The van der Waals surface area contributed by atoms with Crippen LogP contribution < -0.4 is 4.90 Å². The smallest absolute Gasteiger partial charge is 0.257 e. The highest BCUT2D eigenvalue weighted by Gasteiger charge is 2.30. The standard InChI is InChI=1S/C22H24N4OS/c27-22(17-8-5-11-23-20(17)25-12-3-4-13-25)26-14-6-7-16(15-26)21-24-18-9-1-2-10-19(18)28-21/h1-2,5,8-11,16H,3-4,6-7,12-15H2/t16-/m0/s1. The van der Waals surface area contributed by atoms with E-state index in [4.69, 9.17) is 4.98 Å². The van der Waals surface area contributed by atoms with Gasteiger partial charge in [-0.2, -0.15) is 0 Å². The van der Waals surface area contributed by atoms with Gasteiger partial charge in [-0.3, -0.25) is 4.79 Å². The van der Waals surface area contributed by atoms with Crippen molar-refractivity contribution in [3.63, 3.8) is 0 Å². The zero-order valence-electron chi connectivity index (χ0n) is 15.9. The van der Waals surface area contributed by atoms with Gasteiger partial charge in [-0.15, -0.1) is 11.3 Å². The van der Waals surface area contributed by atoms with Gasteiger partial charge in [0.05, 0.1) is 20.8 Å². The van der Waals surface area contributed by atoms with E-state index in [1.165, 1.54) is 17.5 Å². The molecule has 6 heteroatoms. The number of fused-ring (bicyclic) bond motifs is 1. The molecule has 1 aromatic carbocycles. The molecule has 2 aromatic heterocycles. The highest BCUT2D eigenvalue weighted by molar-refractivity contribution is 7.18. The summed E-state index contributed by atoms with van der Waals surface area (Å²) in [5.74, 6) is 1.29. The van der Waals surface area contributed by atoms with Crippen LogP contribution in [0.15, 0.2) is 42.6 Å². The molecule has 0 N–H and O–H groups in total. The number of benzene rings is 1. The Hall–Kier alpha value is -2.47. The Bertz CT molecular complexity index is 962. The van der Waals surface area contributed by atoms with E-state index >= 15 is 0 Å². The molecule has 0 radical (unpaired) electrons. The summed E-state index contributed by atoms with van der Waals surface area (Å²) in [4.78, 5) is 27.0. The van der Waals surface area contributed by atoms with E-state index in [1.807, 2.05) is 23.1 Å². The first kappa shape index (κ1) is 17.6. The second-order valence-corrected chi connectivity index (χ2v) is 8.74. The highest BCUT2D eigenvalue weighted by Crippen LogP contribution is 2.34. The van der Waals surface area contributed by atoms with E-state index in [2.05, 4.69) is 28.1 Å². The minimum absolute atomic E-state index is 0.112. The van der Waals surface area contributed by atoms with Gasteiger partial charge in [0.25, 0.3) is 5.91 Å². The quantitative estimate of drug-likeness (QED) is 0.666. The van der Waals surface area contributed by atoms with Gasteiger partial charge in [0.2, 0.25) is 0 Å². The van der Waals surface area contributed by atoms with Crippen LogP contribution in [-0.2, 0) is 0 Å². The van der Waals surface area contributed by atoms with Crippen LogP contribution in [-0.4, -0.2) is 47.0 Å². The predicted octanol–water partition coefficient (Wildman–Crippen LogP) is 4.31. The topological polar surface area (TPSA) is 49.3 Å². The number of likely N-dealkylation sites (tertiary alicyclic amines) is 1. The molecular formula is C22H24N4OS. The average molecular weight is 393 g/mol. The molecule has 5 rings (SSSR count). The van der Waals surface area contributed by atoms with Crippen LogP contribution in [0.3, 0.4) is 0 Å². The van der Waals surface area contributed by atoms with E-state index in [1.54, 1.807) is 17.5 Å².